The second-order valence-corrected chi connectivity index (χ2v) is 7.27. The number of hydrogen-bond acceptors (Lipinski definition) is 3. The minimum Gasteiger partial charge on any atom is -0.308 e. The average molecular weight is 265 g/mol. The van der Waals surface area contributed by atoms with Crippen LogP contribution in [0.25, 0.3) is 0 Å². The Labute approximate surface area is 119 Å². The van der Waals surface area contributed by atoms with Crippen molar-refractivity contribution < 1.29 is 0 Å². The van der Waals surface area contributed by atoms with Crippen molar-refractivity contribution in [2.45, 2.75) is 51.6 Å². The summed E-state index contributed by atoms with van der Waals surface area (Å²) >= 11 is 0. The molecule has 2 heterocycles. The fraction of sp³-hybridized carbons (Fsp3) is 0.875. The van der Waals surface area contributed by atoms with Crippen LogP contribution in [0, 0.1) is 0 Å². The summed E-state index contributed by atoms with van der Waals surface area (Å²) < 4.78 is 0. The van der Waals surface area contributed by atoms with E-state index >= 15 is 0 Å². The lowest BCUT2D eigenvalue weighted by Crippen LogP contribution is -2.40. The molecule has 1 unspecified atom stereocenters. The normalized spacial score (nSPS) is 26.2. The van der Waals surface area contributed by atoms with Gasteiger partial charge in [0, 0.05) is 31.2 Å². The molecule has 0 aromatic carbocycles. The Morgan fingerprint density at radius 3 is 2.68 bits per heavy atom. The SMILES string of the molecule is C=C(CNC(C)(C)C)CN1CCCN2CCCC2C1. The summed E-state index contributed by atoms with van der Waals surface area (Å²) in [7, 11) is 0. The lowest BCUT2D eigenvalue weighted by atomic mass is 10.1. The van der Waals surface area contributed by atoms with Gasteiger partial charge < -0.3 is 5.32 Å². The monoisotopic (exact) mass is 265 g/mol. The number of nitrogens with one attached hydrogen (secondary N) is 1. The van der Waals surface area contributed by atoms with E-state index in [1.54, 1.807) is 0 Å². The van der Waals surface area contributed by atoms with Gasteiger partial charge in [-0.2, -0.15) is 0 Å². The van der Waals surface area contributed by atoms with Gasteiger partial charge in [0.1, 0.15) is 0 Å². The van der Waals surface area contributed by atoms with Gasteiger partial charge in [-0.1, -0.05) is 6.58 Å². The molecule has 0 radical (unpaired) electrons. The molecule has 0 aliphatic carbocycles. The topological polar surface area (TPSA) is 18.5 Å². The van der Waals surface area contributed by atoms with Crippen molar-refractivity contribution >= 4 is 0 Å². The molecule has 3 nitrogen and oxygen atoms in total. The van der Waals surface area contributed by atoms with Gasteiger partial charge in [-0.3, -0.25) is 9.80 Å². The van der Waals surface area contributed by atoms with E-state index in [9.17, 15) is 0 Å². The summed E-state index contributed by atoms with van der Waals surface area (Å²) in [5, 5.41) is 3.54. The zero-order chi connectivity index (χ0) is 13.9. The number of nitrogens with zero attached hydrogens (tertiary/aromatic N) is 2. The molecule has 2 aliphatic rings. The molecule has 2 saturated heterocycles. The molecule has 0 spiro atoms. The average Bonchev–Trinajstić information content (AvgIpc) is 2.65. The van der Waals surface area contributed by atoms with Crippen molar-refractivity contribution in [3.05, 3.63) is 12.2 Å². The van der Waals surface area contributed by atoms with Gasteiger partial charge in [0.05, 0.1) is 0 Å². The van der Waals surface area contributed by atoms with Crippen molar-refractivity contribution in [1.29, 1.82) is 0 Å². The van der Waals surface area contributed by atoms with Gasteiger partial charge in [0.25, 0.3) is 0 Å². The van der Waals surface area contributed by atoms with Gasteiger partial charge in [-0.25, -0.2) is 0 Å². The highest BCUT2D eigenvalue weighted by atomic mass is 15.3. The van der Waals surface area contributed by atoms with Gasteiger partial charge in [-0.15, -0.1) is 0 Å². The maximum absolute atomic E-state index is 4.25. The van der Waals surface area contributed by atoms with Crippen molar-refractivity contribution in [3.8, 4) is 0 Å². The third kappa shape index (κ3) is 4.90. The first-order valence-corrected chi connectivity index (χ1v) is 7.82. The van der Waals surface area contributed by atoms with E-state index in [1.807, 2.05) is 0 Å². The fourth-order valence-electron chi connectivity index (χ4n) is 3.19. The van der Waals surface area contributed by atoms with E-state index in [4.69, 9.17) is 0 Å². The van der Waals surface area contributed by atoms with E-state index in [1.165, 1.54) is 51.0 Å². The van der Waals surface area contributed by atoms with Crippen molar-refractivity contribution in [2.24, 2.45) is 0 Å². The Bertz CT molecular complexity index is 306. The van der Waals surface area contributed by atoms with Crippen LogP contribution in [0.1, 0.15) is 40.0 Å². The van der Waals surface area contributed by atoms with Crippen LogP contribution in [0.4, 0.5) is 0 Å². The third-order valence-corrected chi connectivity index (χ3v) is 4.20. The fourth-order valence-corrected chi connectivity index (χ4v) is 3.19. The second-order valence-electron chi connectivity index (χ2n) is 7.27. The molecule has 1 atom stereocenters. The molecule has 0 saturated carbocycles. The van der Waals surface area contributed by atoms with Crippen LogP contribution in [0.15, 0.2) is 12.2 Å². The van der Waals surface area contributed by atoms with Crippen molar-refractivity contribution in [3.63, 3.8) is 0 Å². The summed E-state index contributed by atoms with van der Waals surface area (Å²) in [5.74, 6) is 0. The largest absolute Gasteiger partial charge is 0.308 e. The molecule has 2 fully saturated rings. The highest BCUT2D eigenvalue weighted by Crippen LogP contribution is 2.21. The van der Waals surface area contributed by atoms with Gasteiger partial charge >= 0.3 is 0 Å². The Morgan fingerprint density at radius 2 is 1.95 bits per heavy atom. The minimum atomic E-state index is 0.185. The molecule has 2 rings (SSSR count). The number of fused-ring (bicyclic) bond motifs is 1. The van der Waals surface area contributed by atoms with Crippen LogP contribution in [-0.4, -0.2) is 60.6 Å². The molecule has 19 heavy (non-hydrogen) atoms. The number of rotatable bonds is 4. The molecular formula is C16H31N3. The van der Waals surface area contributed by atoms with E-state index in [0.29, 0.717) is 0 Å². The highest BCUT2D eigenvalue weighted by Gasteiger charge is 2.28. The number of hydrogen-bond donors (Lipinski definition) is 1. The smallest absolute Gasteiger partial charge is 0.0223 e. The Kier molecular flexibility index (Phi) is 5.04. The van der Waals surface area contributed by atoms with Crippen LogP contribution in [-0.2, 0) is 0 Å². The van der Waals surface area contributed by atoms with Crippen molar-refractivity contribution in [1.82, 2.24) is 15.1 Å². The van der Waals surface area contributed by atoms with Crippen LogP contribution in [0.2, 0.25) is 0 Å². The molecule has 0 amide bonds. The van der Waals surface area contributed by atoms with Crippen molar-refractivity contribution in [2.75, 3.05) is 39.3 Å². The zero-order valence-corrected chi connectivity index (χ0v) is 13.0. The van der Waals surface area contributed by atoms with E-state index in [-0.39, 0.29) is 5.54 Å². The first kappa shape index (κ1) is 15.0. The summed E-state index contributed by atoms with van der Waals surface area (Å²) in [4.78, 5) is 5.30. The summed E-state index contributed by atoms with van der Waals surface area (Å²) in [6.07, 6.45) is 4.10. The maximum atomic E-state index is 4.25. The maximum Gasteiger partial charge on any atom is 0.0223 e. The molecule has 3 heteroatoms. The first-order chi connectivity index (χ1) is 8.94. The van der Waals surface area contributed by atoms with E-state index in [0.717, 1.165) is 19.1 Å². The molecule has 0 aromatic heterocycles. The predicted octanol–water partition coefficient (Wildman–Crippen LogP) is 2.10. The molecule has 1 N–H and O–H groups in total. The van der Waals surface area contributed by atoms with Crippen LogP contribution in [0.5, 0.6) is 0 Å². The molecule has 2 aliphatic heterocycles. The quantitative estimate of drug-likeness (QED) is 0.785. The second kappa shape index (κ2) is 6.38. The molecule has 0 aromatic rings. The van der Waals surface area contributed by atoms with Crippen LogP contribution in [0.3, 0.4) is 0 Å². The zero-order valence-electron chi connectivity index (χ0n) is 13.0. The van der Waals surface area contributed by atoms with Gasteiger partial charge in [0.15, 0.2) is 0 Å². The summed E-state index contributed by atoms with van der Waals surface area (Å²) in [6.45, 7) is 18.0. The Morgan fingerprint density at radius 1 is 1.21 bits per heavy atom. The molecular weight excluding hydrogens is 234 g/mol. The Balaban J connectivity index is 1.76. The molecule has 110 valence electrons. The predicted molar refractivity (Wildman–Crippen MR) is 82.5 cm³/mol. The lowest BCUT2D eigenvalue weighted by Gasteiger charge is -2.27. The highest BCUT2D eigenvalue weighted by molar-refractivity contribution is 5.02. The van der Waals surface area contributed by atoms with Crippen LogP contribution < -0.4 is 5.32 Å². The minimum absolute atomic E-state index is 0.185. The van der Waals surface area contributed by atoms with E-state index in [2.05, 4.69) is 42.5 Å². The van der Waals surface area contributed by atoms with Crippen LogP contribution >= 0.6 is 0 Å². The Hall–Kier alpha value is -0.380. The van der Waals surface area contributed by atoms with Gasteiger partial charge in [0.2, 0.25) is 0 Å². The van der Waals surface area contributed by atoms with Gasteiger partial charge in [-0.05, 0) is 65.2 Å². The first-order valence-electron chi connectivity index (χ1n) is 7.82. The third-order valence-electron chi connectivity index (χ3n) is 4.20. The van der Waals surface area contributed by atoms with E-state index < -0.39 is 0 Å². The standard InChI is InChI=1S/C16H31N3/c1-14(11-17-16(2,3)4)12-18-8-6-10-19-9-5-7-15(19)13-18/h15,17H,1,5-13H2,2-4H3. The molecule has 0 bridgehead atoms. The lowest BCUT2D eigenvalue weighted by molar-refractivity contribution is 0.228. The summed E-state index contributed by atoms with van der Waals surface area (Å²) in [6, 6.07) is 0.811. The summed E-state index contributed by atoms with van der Waals surface area (Å²) in [5.41, 5.74) is 1.51.